The normalized spacial score (nSPS) is 12.7. The Bertz CT molecular complexity index is 470. The van der Waals surface area contributed by atoms with Gasteiger partial charge in [-0.1, -0.05) is 28.1 Å². The van der Waals surface area contributed by atoms with Crippen molar-refractivity contribution in [3.05, 3.63) is 56.4 Å². The first kappa shape index (κ1) is 12.1. The number of alkyl halides is 1. The van der Waals surface area contributed by atoms with E-state index in [1.165, 1.54) is 17.0 Å². The maximum Gasteiger partial charge on any atom is 0.124 e. The molecule has 0 spiro atoms. The first-order valence-electron chi connectivity index (χ1n) is 4.78. The zero-order chi connectivity index (χ0) is 11.5. The lowest BCUT2D eigenvalue weighted by atomic mass is 10.1. The quantitative estimate of drug-likeness (QED) is 0.684. The Hall–Kier alpha value is -0.380. The van der Waals surface area contributed by atoms with Gasteiger partial charge in [0.2, 0.25) is 0 Å². The topological polar surface area (TPSA) is 0 Å². The molecule has 0 fully saturated rings. The van der Waals surface area contributed by atoms with Gasteiger partial charge < -0.3 is 0 Å². The van der Waals surface area contributed by atoms with Gasteiger partial charge in [0.1, 0.15) is 5.82 Å². The summed E-state index contributed by atoms with van der Waals surface area (Å²) in [5.74, 6) is -0.254. The van der Waals surface area contributed by atoms with Crippen LogP contribution in [-0.2, 0) is 6.42 Å². The summed E-state index contributed by atoms with van der Waals surface area (Å²) in [5.41, 5.74) is 0.927. The van der Waals surface area contributed by atoms with Gasteiger partial charge in [-0.2, -0.15) is 0 Å². The van der Waals surface area contributed by atoms with Crippen LogP contribution >= 0.6 is 38.9 Å². The van der Waals surface area contributed by atoms with E-state index in [4.69, 9.17) is 11.6 Å². The highest BCUT2D eigenvalue weighted by Gasteiger charge is 2.13. The summed E-state index contributed by atoms with van der Waals surface area (Å²) in [6.45, 7) is 0. The predicted molar refractivity (Wildman–Crippen MR) is 70.7 cm³/mol. The number of halogens is 3. The van der Waals surface area contributed by atoms with Crippen molar-refractivity contribution in [3.63, 3.8) is 0 Å². The molecule has 0 saturated carbocycles. The van der Waals surface area contributed by atoms with E-state index in [0.29, 0.717) is 0 Å². The molecule has 0 aliphatic rings. The van der Waals surface area contributed by atoms with Crippen LogP contribution in [0.25, 0.3) is 0 Å². The maximum atomic E-state index is 12.9. The Morgan fingerprint density at radius 1 is 1.38 bits per heavy atom. The minimum absolute atomic E-state index is 0.131. The molecule has 2 aromatic rings. The molecule has 0 amide bonds. The van der Waals surface area contributed by atoms with Crippen molar-refractivity contribution in [1.82, 2.24) is 0 Å². The lowest BCUT2D eigenvalue weighted by Crippen LogP contribution is -1.95. The SMILES string of the molecule is Fc1ccc(C(Cl)Cc2cccs2)c(Br)c1. The van der Waals surface area contributed by atoms with Crippen LogP contribution in [0.2, 0.25) is 0 Å². The molecule has 16 heavy (non-hydrogen) atoms. The van der Waals surface area contributed by atoms with Crippen molar-refractivity contribution in [2.24, 2.45) is 0 Å². The lowest BCUT2D eigenvalue weighted by Gasteiger charge is -2.10. The van der Waals surface area contributed by atoms with Crippen LogP contribution in [-0.4, -0.2) is 0 Å². The predicted octanol–water partition coefficient (Wildman–Crippen LogP) is 5.17. The van der Waals surface area contributed by atoms with Gasteiger partial charge in [0.05, 0.1) is 5.38 Å². The molecule has 2 rings (SSSR count). The molecule has 1 aromatic heterocycles. The average molecular weight is 320 g/mol. The summed E-state index contributed by atoms with van der Waals surface area (Å²) in [5, 5.41) is 1.90. The third-order valence-electron chi connectivity index (χ3n) is 2.26. The fourth-order valence-electron chi connectivity index (χ4n) is 1.47. The molecule has 0 aliphatic carbocycles. The Kier molecular flexibility index (Phi) is 4.00. The van der Waals surface area contributed by atoms with E-state index in [1.807, 2.05) is 11.4 Å². The number of rotatable bonds is 3. The Morgan fingerprint density at radius 3 is 2.81 bits per heavy atom. The summed E-state index contributed by atoms with van der Waals surface area (Å²) in [6, 6.07) is 8.66. The molecule has 0 saturated heterocycles. The van der Waals surface area contributed by atoms with Crippen molar-refractivity contribution in [2.75, 3.05) is 0 Å². The molecule has 1 aromatic carbocycles. The van der Waals surface area contributed by atoms with Gasteiger partial charge in [-0.15, -0.1) is 22.9 Å². The average Bonchev–Trinajstić information content (AvgIpc) is 2.70. The summed E-state index contributed by atoms with van der Waals surface area (Å²) in [4.78, 5) is 1.23. The van der Waals surface area contributed by atoms with Crippen molar-refractivity contribution in [2.45, 2.75) is 11.8 Å². The highest BCUT2D eigenvalue weighted by molar-refractivity contribution is 9.10. The van der Waals surface area contributed by atoms with E-state index in [-0.39, 0.29) is 11.2 Å². The Labute approximate surface area is 111 Å². The smallest absolute Gasteiger partial charge is 0.124 e. The zero-order valence-electron chi connectivity index (χ0n) is 8.29. The highest BCUT2D eigenvalue weighted by Crippen LogP contribution is 2.32. The van der Waals surface area contributed by atoms with Gasteiger partial charge in [0.15, 0.2) is 0 Å². The van der Waals surface area contributed by atoms with Gasteiger partial charge in [0, 0.05) is 15.8 Å². The molecule has 1 unspecified atom stereocenters. The van der Waals surface area contributed by atoms with Crippen LogP contribution < -0.4 is 0 Å². The Morgan fingerprint density at radius 2 is 2.19 bits per heavy atom. The molecule has 0 nitrogen and oxygen atoms in total. The minimum Gasteiger partial charge on any atom is -0.207 e. The van der Waals surface area contributed by atoms with Gasteiger partial charge in [-0.3, -0.25) is 0 Å². The second-order valence-electron chi connectivity index (χ2n) is 3.42. The van der Waals surface area contributed by atoms with E-state index >= 15 is 0 Å². The molecule has 0 radical (unpaired) electrons. The van der Waals surface area contributed by atoms with E-state index in [0.717, 1.165) is 16.5 Å². The third-order valence-corrected chi connectivity index (χ3v) is 4.24. The fourth-order valence-corrected chi connectivity index (χ4v) is 3.43. The van der Waals surface area contributed by atoms with Crippen LogP contribution in [0.3, 0.4) is 0 Å². The summed E-state index contributed by atoms with van der Waals surface area (Å²) in [7, 11) is 0. The minimum atomic E-state index is -0.254. The monoisotopic (exact) mass is 318 g/mol. The second-order valence-corrected chi connectivity index (χ2v) is 5.83. The van der Waals surface area contributed by atoms with Crippen molar-refractivity contribution >= 4 is 38.9 Å². The maximum absolute atomic E-state index is 12.9. The number of hydrogen-bond acceptors (Lipinski definition) is 1. The van der Waals surface area contributed by atoms with Crippen LogP contribution in [0.1, 0.15) is 15.8 Å². The van der Waals surface area contributed by atoms with Gasteiger partial charge in [0.25, 0.3) is 0 Å². The Balaban J connectivity index is 2.17. The number of thiophene rings is 1. The molecule has 4 heteroatoms. The van der Waals surface area contributed by atoms with Crippen LogP contribution in [0, 0.1) is 5.82 Å². The standard InChI is InChI=1S/C12H9BrClFS/c13-11-6-8(15)3-4-10(11)12(14)7-9-2-1-5-16-9/h1-6,12H,7H2. The summed E-state index contributed by atoms with van der Waals surface area (Å²) >= 11 is 11.3. The molecule has 0 bridgehead atoms. The fraction of sp³-hybridized carbons (Fsp3) is 0.167. The molecule has 1 atom stereocenters. The van der Waals surface area contributed by atoms with E-state index in [9.17, 15) is 4.39 Å². The zero-order valence-corrected chi connectivity index (χ0v) is 11.4. The third kappa shape index (κ3) is 2.84. The van der Waals surface area contributed by atoms with Crippen LogP contribution in [0.5, 0.6) is 0 Å². The van der Waals surface area contributed by atoms with Gasteiger partial charge in [-0.05, 0) is 29.1 Å². The van der Waals surface area contributed by atoms with Crippen LogP contribution in [0.15, 0.2) is 40.2 Å². The van der Waals surface area contributed by atoms with E-state index < -0.39 is 0 Å². The number of benzene rings is 1. The number of hydrogen-bond donors (Lipinski definition) is 0. The molecule has 0 N–H and O–H groups in total. The van der Waals surface area contributed by atoms with Gasteiger partial charge >= 0.3 is 0 Å². The van der Waals surface area contributed by atoms with Crippen molar-refractivity contribution < 1.29 is 4.39 Å². The summed E-state index contributed by atoms with van der Waals surface area (Å²) < 4.78 is 13.6. The molecule has 1 heterocycles. The van der Waals surface area contributed by atoms with Gasteiger partial charge in [-0.25, -0.2) is 4.39 Å². The van der Waals surface area contributed by atoms with E-state index in [2.05, 4.69) is 22.0 Å². The van der Waals surface area contributed by atoms with Crippen molar-refractivity contribution in [3.8, 4) is 0 Å². The first-order chi connectivity index (χ1) is 7.66. The molecule has 84 valence electrons. The highest BCUT2D eigenvalue weighted by atomic mass is 79.9. The molecule has 0 aliphatic heterocycles. The largest absolute Gasteiger partial charge is 0.207 e. The molecular formula is C12H9BrClFS. The van der Waals surface area contributed by atoms with Crippen LogP contribution in [0.4, 0.5) is 4.39 Å². The second kappa shape index (κ2) is 5.30. The lowest BCUT2D eigenvalue weighted by molar-refractivity contribution is 0.625. The first-order valence-corrected chi connectivity index (χ1v) is 6.89. The summed E-state index contributed by atoms with van der Waals surface area (Å²) in [6.07, 6.45) is 0.767. The molecular weight excluding hydrogens is 311 g/mol. The van der Waals surface area contributed by atoms with Crippen molar-refractivity contribution in [1.29, 1.82) is 0 Å². The van der Waals surface area contributed by atoms with E-state index in [1.54, 1.807) is 17.4 Å².